The topological polar surface area (TPSA) is 46.2 Å². The second-order valence-corrected chi connectivity index (χ2v) is 3.08. The summed E-state index contributed by atoms with van der Waals surface area (Å²) >= 11 is 5.75. The molecule has 0 heterocycles. The third-order valence-corrected chi connectivity index (χ3v) is 1.91. The third-order valence-electron chi connectivity index (χ3n) is 1.67. The Labute approximate surface area is 77.0 Å². The number of aliphatic hydroxyl groups is 1. The number of benzene rings is 1. The Morgan fingerprint density at radius 1 is 1.50 bits per heavy atom. The van der Waals surface area contributed by atoms with Gasteiger partial charge < -0.3 is 10.8 Å². The van der Waals surface area contributed by atoms with E-state index in [1.165, 1.54) is 0 Å². The van der Waals surface area contributed by atoms with Crippen molar-refractivity contribution < 1.29 is 5.11 Å². The molecule has 0 spiro atoms. The molecule has 1 aromatic rings. The van der Waals surface area contributed by atoms with Crippen molar-refractivity contribution >= 4 is 11.6 Å². The fourth-order valence-electron chi connectivity index (χ4n) is 1.04. The number of hydrogen-bond acceptors (Lipinski definition) is 2. The predicted molar refractivity (Wildman–Crippen MR) is 50.1 cm³/mol. The minimum absolute atomic E-state index is 0.480. The summed E-state index contributed by atoms with van der Waals surface area (Å²) in [5.74, 6) is 0. The van der Waals surface area contributed by atoms with Gasteiger partial charge in [0, 0.05) is 5.02 Å². The SMILES string of the molecule is NCC[C@@H](O)c1cccc(Cl)c1. The Balaban J connectivity index is 2.73. The highest BCUT2D eigenvalue weighted by Crippen LogP contribution is 2.19. The molecule has 0 unspecified atom stereocenters. The number of aliphatic hydroxyl groups excluding tert-OH is 1. The van der Waals surface area contributed by atoms with Crippen molar-refractivity contribution in [1.29, 1.82) is 0 Å². The van der Waals surface area contributed by atoms with Crippen molar-refractivity contribution in [2.45, 2.75) is 12.5 Å². The molecule has 0 bridgehead atoms. The van der Waals surface area contributed by atoms with Crippen molar-refractivity contribution in [1.82, 2.24) is 0 Å². The van der Waals surface area contributed by atoms with E-state index in [9.17, 15) is 5.11 Å². The van der Waals surface area contributed by atoms with E-state index >= 15 is 0 Å². The van der Waals surface area contributed by atoms with E-state index in [2.05, 4.69) is 0 Å². The Morgan fingerprint density at radius 3 is 2.83 bits per heavy atom. The first-order valence-electron chi connectivity index (χ1n) is 3.87. The third kappa shape index (κ3) is 2.48. The summed E-state index contributed by atoms with van der Waals surface area (Å²) in [7, 11) is 0. The number of halogens is 1. The fourth-order valence-corrected chi connectivity index (χ4v) is 1.24. The highest BCUT2D eigenvalue weighted by molar-refractivity contribution is 6.30. The molecule has 3 heteroatoms. The van der Waals surface area contributed by atoms with Crippen molar-refractivity contribution in [3.05, 3.63) is 34.9 Å². The first-order valence-corrected chi connectivity index (χ1v) is 4.25. The van der Waals surface area contributed by atoms with E-state index < -0.39 is 6.10 Å². The van der Waals surface area contributed by atoms with Crippen LogP contribution in [0, 0.1) is 0 Å². The van der Waals surface area contributed by atoms with E-state index in [-0.39, 0.29) is 0 Å². The smallest absolute Gasteiger partial charge is 0.0802 e. The Bertz CT molecular complexity index is 252. The summed E-state index contributed by atoms with van der Waals surface area (Å²) < 4.78 is 0. The molecular weight excluding hydrogens is 174 g/mol. The van der Waals surface area contributed by atoms with E-state index in [1.807, 2.05) is 12.1 Å². The average molecular weight is 186 g/mol. The van der Waals surface area contributed by atoms with Gasteiger partial charge in [-0.05, 0) is 30.7 Å². The Morgan fingerprint density at radius 2 is 2.25 bits per heavy atom. The van der Waals surface area contributed by atoms with Crippen LogP contribution < -0.4 is 5.73 Å². The van der Waals surface area contributed by atoms with E-state index in [1.54, 1.807) is 12.1 Å². The molecule has 0 fully saturated rings. The lowest BCUT2D eigenvalue weighted by Gasteiger charge is -2.08. The molecule has 0 saturated heterocycles. The maximum Gasteiger partial charge on any atom is 0.0802 e. The van der Waals surface area contributed by atoms with Crippen LogP contribution in [-0.2, 0) is 0 Å². The maximum absolute atomic E-state index is 9.51. The zero-order valence-corrected chi connectivity index (χ0v) is 7.46. The first kappa shape index (κ1) is 9.52. The fraction of sp³-hybridized carbons (Fsp3) is 0.333. The molecule has 0 radical (unpaired) electrons. The zero-order valence-electron chi connectivity index (χ0n) is 6.70. The van der Waals surface area contributed by atoms with Crippen LogP contribution >= 0.6 is 11.6 Å². The van der Waals surface area contributed by atoms with Crippen molar-refractivity contribution in [3.8, 4) is 0 Å². The molecule has 12 heavy (non-hydrogen) atoms. The van der Waals surface area contributed by atoms with E-state index in [4.69, 9.17) is 17.3 Å². The number of nitrogens with two attached hydrogens (primary N) is 1. The van der Waals surface area contributed by atoms with Gasteiger partial charge in [0.1, 0.15) is 0 Å². The first-order chi connectivity index (χ1) is 5.74. The molecule has 0 aromatic heterocycles. The van der Waals surface area contributed by atoms with Gasteiger partial charge in [-0.15, -0.1) is 0 Å². The highest BCUT2D eigenvalue weighted by atomic mass is 35.5. The summed E-state index contributed by atoms with van der Waals surface area (Å²) in [6, 6.07) is 7.19. The second-order valence-electron chi connectivity index (χ2n) is 2.65. The summed E-state index contributed by atoms with van der Waals surface area (Å²) in [6.45, 7) is 0.480. The molecule has 0 aliphatic rings. The van der Waals surface area contributed by atoms with Gasteiger partial charge in [0.25, 0.3) is 0 Å². The number of rotatable bonds is 3. The summed E-state index contributed by atoms with van der Waals surface area (Å²) in [5, 5.41) is 10.1. The second kappa shape index (κ2) is 4.45. The molecule has 1 rings (SSSR count). The molecule has 2 nitrogen and oxygen atoms in total. The van der Waals surface area contributed by atoms with E-state index in [0.717, 1.165) is 5.56 Å². The molecule has 1 atom stereocenters. The minimum atomic E-state index is -0.492. The van der Waals surface area contributed by atoms with E-state index in [0.29, 0.717) is 18.0 Å². The van der Waals surface area contributed by atoms with Crippen LogP contribution in [0.25, 0.3) is 0 Å². The van der Waals surface area contributed by atoms with Gasteiger partial charge in [0.05, 0.1) is 6.10 Å². The lowest BCUT2D eigenvalue weighted by molar-refractivity contribution is 0.170. The normalized spacial score (nSPS) is 12.9. The van der Waals surface area contributed by atoms with Crippen LogP contribution in [0.4, 0.5) is 0 Å². The van der Waals surface area contributed by atoms with Crippen LogP contribution in [-0.4, -0.2) is 11.7 Å². The quantitative estimate of drug-likeness (QED) is 0.754. The molecular formula is C9H12ClNO. The zero-order chi connectivity index (χ0) is 8.97. The molecule has 1 aromatic carbocycles. The van der Waals surface area contributed by atoms with Gasteiger partial charge in [0.2, 0.25) is 0 Å². The molecule has 0 aliphatic heterocycles. The van der Waals surface area contributed by atoms with Crippen LogP contribution in [0.15, 0.2) is 24.3 Å². The average Bonchev–Trinajstić information content (AvgIpc) is 2.05. The molecule has 0 amide bonds. The van der Waals surface area contributed by atoms with Gasteiger partial charge in [-0.25, -0.2) is 0 Å². The highest BCUT2D eigenvalue weighted by Gasteiger charge is 2.05. The Hall–Kier alpha value is -0.570. The van der Waals surface area contributed by atoms with Crippen molar-refractivity contribution in [2.24, 2.45) is 5.73 Å². The Kier molecular flexibility index (Phi) is 3.53. The van der Waals surface area contributed by atoms with Gasteiger partial charge in [-0.3, -0.25) is 0 Å². The largest absolute Gasteiger partial charge is 0.388 e. The lowest BCUT2D eigenvalue weighted by Crippen LogP contribution is -2.06. The van der Waals surface area contributed by atoms with Crippen LogP contribution in [0.5, 0.6) is 0 Å². The monoisotopic (exact) mass is 185 g/mol. The molecule has 66 valence electrons. The van der Waals surface area contributed by atoms with Gasteiger partial charge in [-0.1, -0.05) is 23.7 Å². The van der Waals surface area contributed by atoms with Crippen molar-refractivity contribution in [3.63, 3.8) is 0 Å². The maximum atomic E-state index is 9.51. The predicted octanol–water partition coefficient (Wildman–Crippen LogP) is 1.72. The number of hydrogen-bond donors (Lipinski definition) is 2. The van der Waals surface area contributed by atoms with Crippen LogP contribution in [0.1, 0.15) is 18.1 Å². The summed E-state index contributed by atoms with van der Waals surface area (Å²) in [6.07, 6.45) is 0.0778. The van der Waals surface area contributed by atoms with Gasteiger partial charge in [0.15, 0.2) is 0 Å². The van der Waals surface area contributed by atoms with Crippen LogP contribution in [0.3, 0.4) is 0 Å². The molecule has 3 N–H and O–H groups in total. The minimum Gasteiger partial charge on any atom is -0.388 e. The lowest BCUT2D eigenvalue weighted by atomic mass is 10.1. The molecule has 0 aliphatic carbocycles. The molecule has 0 saturated carbocycles. The van der Waals surface area contributed by atoms with Crippen LogP contribution in [0.2, 0.25) is 5.02 Å². The van der Waals surface area contributed by atoms with Gasteiger partial charge in [-0.2, -0.15) is 0 Å². The standard InChI is InChI=1S/C9H12ClNO/c10-8-3-1-2-7(6-8)9(12)4-5-11/h1-3,6,9,12H,4-5,11H2/t9-/m1/s1. The summed E-state index contributed by atoms with van der Waals surface area (Å²) in [4.78, 5) is 0. The van der Waals surface area contributed by atoms with Crippen molar-refractivity contribution in [2.75, 3.05) is 6.54 Å². The van der Waals surface area contributed by atoms with Gasteiger partial charge >= 0.3 is 0 Å². The summed E-state index contributed by atoms with van der Waals surface area (Å²) in [5.41, 5.74) is 6.14.